The van der Waals surface area contributed by atoms with Crippen LogP contribution in [0.1, 0.15) is 39.9 Å². The van der Waals surface area contributed by atoms with Gasteiger partial charge in [0.25, 0.3) is 5.91 Å². The Kier molecular flexibility index (Phi) is 6.47. The van der Waals surface area contributed by atoms with Crippen LogP contribution in [0.15, 0.2) is 29.4 Å². The summed E-state index contributed by atoms with van der Waals surface area (Å²) >= 11 is 2.68. The number of methoxy groups -OCH3 is 1. The van der Waals surface area contributed by atoms with Crippen LogP contribution >= 0.6 is 23.1 Å². The summed E-state index contributed by atoms with van der Waals surface area (Å²) in [6.07, 6.45) is 2.29. The molecule has 2 N–H and O–H groups in total. The van der Waals surface area contributed by atoms with Crippen molar-refractivity contribution in [2.24, 2.45) is 7.05 Å². The van der Waals surface area contributed by atoms with E-state index in [1.165, 1.54) is 30.2 Å². The quantitative estimate of drug-likeness (QED) is 0.467. The lowest BCUT2D eigenvalue weighted by Crippen LogP contribution is -2.25. The van der Waals surface area contributed by atoms with Crippen molar-refractivity contribution >= 4 is 40.0 Å². The van der Waals surface area contributed by atoms with Gasteiger partial charge in [0.15, 0.2) is 11.0 Å². The second-order valence-corrected chi connectivity index (χ2v) is 8.85. The molecule has 0 spiro atoms. The summed E-state index contributed by atoms with van der Waals surface area (Å²) in [7, 11) is 3.31. The van der Waals surface area contributed by atoms with Crippen molar-refractivity contribution < 1.29 is 14.3 Å². The van der Waals surface area contributed by atoms with Crippen molar-refractivity contribution in [3.05, 3.63) is 40.7 Å². The second kappa shape index (κ2) is 9.43. The van der Waals surface area contributed by atoms with Crippen molar-refractivity contribution in [2.75, 3.05) is 18.2 Å². The maximum Gasteiger partial charge on any atom is 0.255 e. The molecule has 10 nitrogen and oxygen atoms in total. The number of ether oxygens (including phenoxy) is 1. The smallest absolute Gasteiger partial charge is 0.255 e. The molecule has 12 heteroatoms. The molecule has 1 fully saturated rings. The van der Waals surface area contributed by atoms with E-state index in [0.717, 1.165) is 17.8 Å². The first-order valence-corrected chi connectivity index (χ1v) is 11.4. The Bertz CT molecular complexity index is 1090. The topological polar surface area (TPSA) is 124 Å². The summed E-state index contributed by atoms with van der Waals surface area (Å²) in [5.41, 5.74) is 0.444. The molecule has 31 heavy (non-hydrogen) atoms. The third-order valence-electron chi connectivity index (χ3n) is 4.63. The lowest BCUT2D eigenvalue weighted by atomic mass is 10.2. The minimum absolute atomic E-state index is 0.165. The summed E-state index contributed by atoms with van der Waals surface area (Å²) in [4.78, 5) is 24.6. The van der Waals surface area contributed by atoms with E-state index < -0.39 is 0 Å². The van der Waals surface area contributed by atoms with Crippen LogP contribution in [0.5, 0.6) is 5.75 Å². The van der Waals surface area contributed by atoms with E-state index in [1.807, 2.05) is 0 Å². The number of hydrogen-bond donors (Lipinski definition) is 2. The van der Waals surface area contributed by atoms with E-state index in [1.54, 1.807) is 35.9 Å². The average Bonchev–Trinajstić information content (AvgIpc) is 3.43. The molecule has 0 radical (unpaired) electrons. The van der Waals surface area contributed by atoms with Crippen LogP contribution in [0.25, 0.3) is 0 Å². The van der Waals surface area contributed by atoms with Crippen LogP contribution < -0.4 is 15.4 Å². The molecule has 0 saturated heterocycles. The lowest BCUT2D eigenvalue weighted by Gasteiger charge is -2.09. The number of nitrogens with one attached hydrogen (secondary N) is 2. The first-order chi connectivity index (χ1) is 15.0. The van der Waals surface area contributed by atoms with Crippen molar-refractivity contribution in [2.45, 2.75) is 30.5 Å². The Morgan fingerprint density at radius 1 is 1.23 bits per heavy atom. The molecule has 2 aromatic heterocycles. The Balaban J connectivity index is 1.28. The van der Waals surface area contributed by atoms with E-state index in [4.69, 9.17) is 4.74 Å². The predicted molar refractivity (Wildman–Crippen MR) is 116 cm³/mol. The Morgan fingerprint density at radius 3 is 2.81 bits per heavy atom. The van der Waals surface area contributed by atoms with E-state index in [2.05, 4.69) is 31.0 Å². The zero-order valence-electron chi connectivity index (χ0n) is 17.0. The number of anilines is 1. The number of carbonyl (C=O) groups is 2. The highest BCUT2D eigenvalue weighted by Crippen LogP contribution is 2.42. The van der Waals surface area contributed by atoms with Gasteiger partial charge in [-0.1, -0.05) is 35.2 Å². The molecule has 1 aliphatic carbocycles. The fourth-order valence-corrected chi connectivity index (χ4v) is 4.44. The molecule has 1 saturated carbocycles. The second-order valence-electron chi connectivity index (χ2n) is 6.90. The molecule has 1 aliphatic rings. The monoisotopic (exact) mass is 459 g/mol. The number of amides is 2. The van der Waals surface area contributed by atoms with E-state index >= 15 is 0 Å². The van der Waals surface area contributed by atoms with Crippen LogP contribution in [0.2, 0.25) is 0 Å². The van der Waals surface area contributed by atoms with Gasteiger partial charge in [0, 0.05) is 13.0 Å². The molecule has 3 aromatic rings. The van der Waals surface area contributed by atoms with Gasteiger partial charge in [-0.2, -0.15) is 0 Å². The number of hydrogen-bond acceptors (Lipinski definition) is 9. The predicted octanol–water partition coefficient (Wildman–Crippen LogP) is 2.21. The molecule has 0 unspecified atom stereocenters. The molecule has 4 rings (SSSR count). The first kappa shape index (κ1) is 21.2. The maximum absolute atomic E-state index is 12.4. The van der Waals surface area contributed by atoms with Gasteiger partial charge in [0.1, 0.15) is 10.8 Å². The van der Waals surface area contributed by atoms with Crippen LogP contribution in [0.4, 0.5) is 5.13 Å². The van der Waals surface area contributed by atoms with Crippen molar-refractivity contribution in [1.29, 1.82) is 0 Å². The van der Waals surface area contributed by atoms with Gasteiger partial charge in [-0.15, -0.1) is 20.4 Å². The summed E-state index contributed by atoms with van der Waals surface area (Å²) in [6.45, 7) is 0.196. The van der Waals surface area contributed by atoms with Crippen LogP contribution in [0.3, 0.4) is 0 Å². The van der Waals surface area contributed by atoms with Gasteiger partial charge in [0.05, 0.1) is 25.0 Å². The lowest BCUT2D eigenvalue weighted by molar-refractivity contribution is -0.113. The molecule has 2 amide bonds. The molecule has 0 atom stereocenters. The number of carbonyl (C=O) groups excluding carboxylic acids is 2. The number of benzene rings is 1. The van der Waals surface area contributed by atoms with E-state index in [9.17, 15) is 9.59 Å². The molecular weight excluding hydrogens is 438 g/mol. The Morgan fingerprint density at radius 2 is 2.03 bits per heavy atom. The van der Waals surface area contributed by atoms with Gasteiger partial charge in [-0.3, -0.25) is 14.9 Å². The van der Waals surface area contributed by atoms with Crippen molar-refractivity contribution in [1.82, 2.24) is 30.3 Å². The van der Waals surface area contributed by atoms with Crippen LogP contribution in [-0.2, 0) is 18.4 Å². The zero-order valence-corrected chi connectivity index (χ0v) is 18.6. The fraction of sp³-hybridized carbons (Fsp3) is 0.368. The van der Waals surface area contributed by atoms with Crippen molar-refractivity contribution in [3.8, 4) is 5.75 Å². The van der Waals surface area contributed by atoms with Gasteiger partial charge >= 0.3 is 0 Å². The normalized spacial score (nSPS) is 13.1. The van der Waals surface area contributed by atoms with Gasteiger partial charge in [0.2, 0.25) is 11.0 Å². The molecule has 0 aliphatic heterocycles. The summed E-state index contributed by atoms with van der Waals surface area (Å²) in [5, 5.41) is 24.0. The van der Waals surface area contributed by atoms with E-state index in [0.29, 0.717) is 33.3 Å². The number of para-hydroxylation sites is 1. The fourth-order valence-electron chi connectivity index (χ4n) is 2.78. The zero-order chi connectivity index (χ0) is 21.8. The summed E-state index contributed by atoms with van der Waals surface area (Å²) in [6, 6.07) is 6.99. The van der Waals surface area contributed by atoms with Crippen molar-refractivity contribution in [3.63, 3.8) is 0 Å². The average molecular weight is 460 g/mol. The third kappa shape index (κ3) is 5.20. The standard InChI is InChI=1S/C19H21N7O3S2/c1-26-14(9-20-16(28)12-5-3-4-6-13(12)29-2)22-25-19(26)30-10-15(27)21-18-24-23-17(31-18)11-7-8-11/h3-6,11H,7-10H2,1-2H3,(H,20,28)(H,21,24,27). The first-order valence-electron chi connectivity index (χ1n) is 9.60. The molecular formula is C19H21N7O3S2. The number of thioether (sulfide) groups is 1. The number of aromatic nitrogens is 5. The molecule has 162 valence electrons. The minimum atomic E-state index is -0.267. The highest BCUT2D eigenvalue weighted by atomic mass is 32.2. The highest BCUT2D eigenvalue weighted by Gasteiger charge is 2.27. The third-order valence-corrected chi connectivity index (χ3v) is 6.65. The minimum Gasteiger partial charge on any atom is -0.496 e. The van der Waals surface area contributed by atoms with Gasteiger partial charge in [-0.25, -0.2) is 0 Å². The SMILES string of the molecule is COc1ccccc1C(=O)NCc1nnc(SCC(=O)Nc2nnc(C3CC3)s2)n1C. The Labute approximate surface area is 186 Å². The van der Waals surface area contributed by atoms with Gasteiger partial charge in [-0.05, 0) is 25.0 Å². The maximum atomic E-state index is 12.4. The molecule has 1 aromatic carbocycles. The Hall–Kier alpha value is -2.99. The number of rotatable bonds is 9. The molecule has 2 heterocycles. The highest BCUT2D eigenvalue weighted by molar-refractivity contribution is 7.99. The van der Waals surface area contributed by atoms with Crippen LogP contribution in [0, 0.1) is 0 Å². The van der Waals surface area contributed by atoms with E-state index in [-0.39, 0.29) is 24.1 Å². The molecule has 0 bridgehead atoms. The van der Waals surface area contributed by atoms with Crippen LogP contribution in [-0.4, -0.2) is 49.6 Å². The largest absolute Gasteiger partial charge is 0.496 e. The van der Waals surface area contributed by atoms with Gasteiger partial charge < -0.3 is 14.6 Å². The number of nitrogens with zero attached hydrogens (tertiary/aromatic N) is 5. The summed E-state index contributed by atoms with van der Waals surface area (Å²) < 4.78 is 6.96. The summed E-state index contributed by atoms with van der Waals surface area (Å²) in [5.74, 6) is 1.30.